The topological polar surface area (TPSA) is 55.9 Å². The Morgan fingerprint density at radius 2 is 2.28 bits per heavy atom. The summed E-state index contributed by atoms with van der Waals surface area (Å²) in [6, 6.07) is 0.508. The predicted molar refractivity (Wildman–Crippen MR) is 70.2 cm³/mol. The summed E-state index contributed by atoms with van der Waals surface area (Å²) in [5.74, 6) is 0. The van der Waals surface area contributed by atoms with Gasteiger partial charge in [0.05, 0.1) is 34.6 Å². The molecule has 96 valence electrons. The lowest BCUT2D eigenvalue weighted by Crippen LogP contribution is -2.13. The summed E-state index contributed by atoms with van der Waals surface area (Å²) in [5.41, 5.74) is 1.63. The summed E-state index contributed by atoms with van der Waals surface area (Å²) in [6.07, 6.45) is 6.91. The largest absolute Gasteiger partial charge is 0.380 e. The summed E-state index contributed by atoms with van der Waals surface area (Å²) in [7, 11) is 0. The molecule has 3 rings (SSSR count). The second-order valence-corrected chi connectivity index (χ2v) is 5.41. The average molecular weight is 311 g/mol. The van der Waals surface area contributed by atoms with Gasteiger partial charge in [0.15, 0.2) is 0 Å². The Hall–Kier alpha value is -1.14. The lowest BCUT2D eigenvalue weighted by molar-refractivity contribution is 0.197. The van der Waals surface area contributed by atoms with Crippen LogP contribution in [0.4, 0.5) is 0 Å². The number of rotatable bonds is 4. The van der Waals surface area contributed by atoms with Crippen LogP contribution in [0.25, 0.3) is 0 Å². The number of nitrogens with zero attached hydrogens (tertiary/aromatic N) is 4. The third kappa shape index (κ3) is 1.89. The van der Waals surface area contributed by atoms with Gasteiger partial charge in [0.25, 0.3) is 0 Å². The van der Waals surface area contributed by atoms with Crippen LogP contribution in [0.2, 0.25) is 0 Å². The average Bonchev–Trinajstić information content (AvgIpc) is 2.98. The first-order chi connectivity index (χ1) is 8.72. The third-order valence-corrected chi connectivity index (χ3v) is 3.92. The molecule has 0 bridgehead atoms. The van der Waals surface area contributed by atoms with Gasteiger partial charge in [0.2, 0.25) is 0 Å². The summed E-state index contributed by atoms with van der Waals surface area (Å²) in [6.45, 7) is 2.74. The van der Waals surface area contributed by atoms with Crippen molar-refractivity contribution in [3.63, 3.8) is 0 Å². The molecule has 0 aromatic carbocycles. The third-order valence-electron chi connectivity index (χ3n) is 3.31. The van der Waals surface area contributed by atoms with E-state index < -0.39 is 6.10 Å². The Labute approximate surface area is 114 Å². The molecule has 0 aliphatic heterocycles. The second-order valence-electron chi connectivity index (χ2n) is 4.55. The maximum atomic E-state index is 10.6. The Morgan fingerprint density at radius 3 is 2.94 bits per heavy atom. The van der Waals surface area contributed by atoms with E-state index in [1.165, 1.54) is 12.8 Å². The number of imidazole rings is 1. The van der Waals surface area contributed by atoms with E-state index in [2.05, 4.69) is 30.6 Å². The molecule has 2 aromatic rings. The van der Waals surface area contributed by atoms with Crippen molar-refractivity contribution >= 4 is 15.9 Å². The number of aryl methyl sites for hydroxylation is 1. The van der Waals surface area contributed by atoms with Crippen LogP contribution in [0.15, 0.2) is 23.2 Å². The van der Waals surface area contributed by atoms with Gasteiger partial charge in [0, 0.05) is 12.6 Å². The number of hydrogen-bond donors (Lipinski definition) is 1. The van der Waals surface area contributed by atoms with Crippen LogP contribution in [-0.2, 0) is 6.54 Å². The molecule has 1 saturated carbocycles. The molecule has 0 amide bonds. The smallest absolute Gasteiger partial charge is 0.138 e. The zero-order valence-electron chi connectivity index (χ0n) is 10.1. The number of hydrogen-bond acceptors (Lipinski definition) is 3. The van der Waals surface area contributed by atoms with Crippen molar-refractivity contribution in [2.45, 2.75) is 38.5 Å². The molecule has 0 spiro atoms. The van der Waals surface area contributed by atoms with Gasteiger partial charge in [-0.1, -0.05) is 0 Å². The summed E-state index contributed by atoms with van der Waals surface area (Å²) < 4.78 is 4.71. The van der Waals surface area contributed by atoms with Gasteiger partial charge in [-0.3, -0.25) is 4.68 Å². The molecule has 1 aliphatic rings. The van der Waals surface area contributed by atoms with E-state index in [0.717, 1.165) is 22.4 Å². The van der Waals surface area contributed by atoms with Gasteiger partial charge < -0.3 is 9.67 Å². The highest BCUT2D eigenvalue weighted by Gasteiger charge is 2.29. The van der Waals surface area contributed by atoms with Crippen molar-refractivity contribution in [1.82, 2.24) is 19.3 Å². The molecule has 1 unspecified atom stereocenters. The highest BCUT2D eigenvalue weighted by atomic mass is 79.9. The fourth-order valence-electron chi connectivity index (χ4n) is 2.22. The highest BCUT2D eigenvalue weighted by Crippen LogP contribution is 2.38. The number of aliphatic hydroxyl groups excluding tert-OH is 1. The van der Waals surface area contributed by atoms with Crippen molar-refractivity contribution < 1.29 is 5.11 Å². The van der Waals surface area contributed by atoms with Crippen LogP contribution < -0.4 is 0 Å². The normalized spacial score (nSPS) is 17.1. The monoisotopic (exact) mass is 310 g/mol. The number of halogens is 1. The van der Waals surface area contributed by atoms with E-state index in [-0.39, 0.29) is 0 Å². The van der Waals surface area contributed by atoms with E-state index in [4.69, 9.17) is 0 Å². The Kier molecular flexibility index (Phi) is 2.99. The molecular formula is C12H15BrN4O. The first-order valence-electron chi connectivity index (χ1n) is 6.13. The van der Waals surface area contributed by atoms with Crippen molar-refractivity contribution in [3.8, 4) is 0 Å². The first-order valence-corrected chi connectivity index (χ1v) is 6.92. The second kappa shape index (κ2) is 4.51. The summed E-state index contributed by atoms with van der Waals surface area (Å²) in [5, 5.41) is 14.8. The van der Waals surface area contributed by atoms with E-state index >= 15 is 0 Å². The molecule has 0 saturated heterocycles. The SMILES string of the molecule is CCn1ncc(Br)c1C(O)c1cncn1C1CC1. The zero-order chi connectivity index (χ0) is 12.7. The van der Waals surface area contributed by atoms with Crippen LogP contribution in [0.5, 0.6) is 0 Å². The van der Waals surface area contributed by atoms with Gasteiger partial charge in [-0.05, 0) is 35.7 Å². The quantitative estimate of drug-likeness (QED) is 0.942. The molecule has 0 radical (unpaired) electrons. The molecule has 5 nitrogen and oxygen atoms in total. The molecule has 1 fully saturated rings. The van der Waals surface area contributed by atoms with Crippen molar-refractivity contribution in [3.05, 3.63) is 34.6 Å². The van der Waals surface area contributed by atoms with E-state index in [1.54, 1.807) is 23.4 Å². The van der Waals surface area contributed by atoms with E-state index in [1.807, 2.05) is 6.92 Å². The molecular weight excluding hydrogens is 296 g/mol. The lowest BCUT2D eigenvalue weighted by atomic mass is 10.2. The molecule has 1 atom stereocenters. The van der Waals surface area contributed by atoms with E-state index in [9.17, 15) is 5.11 Å². The Bertz CT molecular complexity index is 558. The van der Waals surface area contributed by atoms with Crippen LogP contribution in [0.3, 0.4) is 0 Å². The zero-order valence-corrected chi connectivity index (χ0v) is 11.7. The van der Waals surface area contributed by atoms with Gasteiger partial charge in [-0.15, -0.1) is 0 Å². The van der Waals surface area contributed by atoms with Crippen molar-refractivity contribution in [1.29, 1.82) is 0 Å². The molecule has 6 heteroatoms. The number of aromatic nitrogens is 4. The first kappa shape index (κ1) is 11.9. The van der Waals surface area contributed by atoms with Crippen LogP contribution >= 0.6 is 15.9 Å². The maximum Gasteiger partial charge on any atom is 0.138 e. The minimum atomic E-state index is -0.690. The van der Waals surface area contributed by atoms with Crippen LogP contribution in [0, 0.1) is 0 Å². The fraction of sp³-hybridized carbons (Fsp3) is 0.500. The van der Waals surface area contributed by atoms with Gasteiger partial charge in [-0.25, -0.2) is 4.98 Å². The summed E-state index contributed by atoms with van der Waals surface area (Å²) >= 11 is 3.45. The maximum absolute atomic E-state index is 10.6. The van der Waals surface area contributed by atoms with Crippen LogP contribution in [0.1, 0.15) is 43.3 Å². The molecule has 2 aromatic heterocycles. The summed E-state index contributed by atoms with van der Waals surface area (Å²) in [4.78, 5) is 4.16. The van der Waals surface area contributed by atoms with Crippen LogP contribution in [-0.4, -0.2) is 24.4 Å². The minimum absolute atomic E-state index is 0.508. The standard InChI is InChI=1S/C12H15BrN4O/c1-2-17-11(9(13)5-15-17)12(18)10-6-14-7-16(10)8-3-4-8/h5-8,12,18H,2-4H2,1H3. The minimum Gasteiger partial charge on any atom is -0.380 e. The predicted octanol–water partition coefficient (Wildman–Crippen LogP) is 2.28. The van der Waals surface area contributed by atoms with Crippen molar-refractivity contribution in [2.24, 2.45) is 0 Å². The molecule has 18 heavy (non-hydrogen) atoms. The van der Waals surface area contributed by atoms with Gasteiger partial charge >= 0.3 is 0 Å². The van der Waals surface area contributed by atoms with Crippen molar-refractivity contribution in [2.75, 3.05) is 0 Å². The highest BCUT2D eigenvalue weighted by molar-refractivity contribution is 9.10. The molecule has 2 heterocycles. The lowest BCUT2D eigenvalue weighted by Gasteiger charge is -2.15. The Morgan fingerprint density at radius 1 is 1.50 bits per heavy atom. The van der Waals surface area contributed by atoms with E-state index in [0.29, 0.717) is 6.04 Å². The van der Waals surface area contributed by atoms with Gasteiger partial charge in [0.1, 0.15) is 6.10 Å². The molecule has 1 aliphatic carbocycles. The molecule has 1 N–H and O–H groups in total. The fourth-order valence-corrected chi connectivity index (χ4v) is 2.73. The number of aliphatic hydroxyl groups is 1. The Balaban J connectivity index is 2.00. The van der Waals surface area contributed by atoms with Gasteiger partial charge in [-0.2, -0.15) is 5.10 Å².